The number of nitrogens with zero attached hydrogens (tertiary/aromatic N) is 4. The van der Waals surface area contributed by atoms with Crippen LogP contribution in [0.5, 0.6) is 0 Å². The van der Waals surface area contributed by atoms with Crippen molar-refractivity contribution in [2.75, 3.05) is 11.9 Å². The Morgan fingerprint density at radius 1 is 0.492 bits per heavy atom. The highest BCUT2D eigenvalue weighted by Gasteiger charge is 2.29. The Kier molecular flexibility index (Phi) is 8.37. The Morgan fingerprint density at radius 3 is 2.03 bits per heavy atom. The van der Waals surface area contributed by atoms with Gasteiger partial charge in [0, 0.05) is 45.6 Å². The summed E-state index contributed by atoms with van der Waals surface area (Å²) >= 11 is 0. The van der Waals surface area contributed by atoms with Crippen LogP contribution in [0.2, 0.25) is 0 Å². The molecule has 2 heterocycles. The lowest BCUT2D eigenvalue weighted by Crippen LogP contribution is -2.35. The first kappa shape index (κ1) is 34.5. The summed E-state index contributed by atoms with van der Waals surface area (Å²) in [6.45, 7) is 0. The number of benzene rings is 9. The minimum atomic E-state index is -0.247. The van der Waals surface area contributed by atoms with E-state index >= 15 is 0 Å². The van der Waals surface area contributed by atoms with Gasteiger partial charge in [-0.1, -0.05) is 164 Å². The largest absolute Gasteiger partial charge is 0.456 e. The van der Waals surface area contributed by atoms with E-state index in [1.807, 2.05) is 24.3 Å². The number of hydrogen-bond acceptors (Lipinski definition) is 5. The summed E-state index contributed by atoms with van der Waals surface area (Å²) in [5, 5.41) is 6.84. The lowest BCUT2D eigenvalue weighted by Gasteiger charge is -2.32. The van der Waals surface area contributed by atoms with Crippen molar-refractivity contribution >= 4 is 72.2 Å². The molecule has 1 aliphatic rings. The summed E-state index contributed by atoms with van der Waals surface area (Å²) < 4.78 is 6.76. The van der Waals surface area contributed by atoms with Gasteiger partial charge in [0.15, 0.2) is 5.84 Å². The molecule has 11 rings (SSSR count). The topological polar surface area (TPSA) is 44.3 Å². The first-order valence-electron chi connectivity index (χ1n) is 20.0. The normalized spacial score (nSPS) is 14.2. The molecule has 59 heavy (non-hydrogen) atoms. The van der Waals surface area contributed by atoms with Gasteiger partial charge in [-0.2, -0.15) is 0 Å². The van der Waals surface area contributed by atoms with E-state index in [1.54, 1.807) is 0 Å². The minimum Gasteiger partial charge on any atom is -0.456 e. The predicted octanol–water partition coefficient (Wildman–Crippen LogP) is 13.9. The lowest BCUT2D eigenvalue weighted by molar-refractivity contribution is 0.383. The lowest BCUT2D eigenvalue weighted by atomic mass is 9.98. The van der Waals surface area contributed by atoms with Gasteiger partial charge in [-0.05, 0) is 69.8 Å². The molecule has 5 nitrogen and oxygen atoms in total. The SMILES string of the molecule is CN1C(c2cccc3oc4cc(-c5ccccc5N(c5ccc6ccccc6c5)c5cccc6ccccc56)ccc4c23)=NC(c2ccccc2)=NC1c1ccccc1. The molecule has 0 bridgehead atoms. The maximum atomic E-state index is 6.76. The standard InChI is InChI=1S/C54H38N4O/c1-57-53(39-20-6-3-7-21-39)55-52(38-18-4-2-5-19-38)56-54(57)46-26-15-29-49-51(46)45-33-31-41(35-50(45)59-49)44-25-12-13-27-47(44)58(42-32-30-36-16-8-9-22-40(36)34-42)48-28-14-23-37-17-10-11-24-43(37)48/h2-35,53H,1H3. The van der Waals surface area contributed by atoms with Crippen LogP contribution >= 0.6 is 0 Å². The Bertz CT molecular complexity index is 3250. The number of rotatable bonds is 7. The van der Waals surface area contributed by atoms with E-state index < -0.39 is 0 Å². The summed E-state index contributed by atoms with van der Waals surface area (Å²) in [5.41, 5.74) is 10.2. The summed E-state index contributed by atoms with van der Waals surface area (Å²) in [6.07, 6.45) is -0.247. The van der Waals surface area contributed by atoms with Crippen LogP contribution in [0.1, 0.15) is 22.9 Å². The predicted molar refractivity (Wildman–Crippen MR) is 245 cm³/mol. The molecule has 10 aromatic rings. The summed E-state index contributed by atoms with van der Waals surface area (Å²) in [7, 11) is 2.08. The number of furan rings is 1. The average molecular weight is 759 g/mol. The monoisotopic (exact) mass is 758 g/mol. The van der Waals surface area contributed by atoms with E-state index in [2.05, 4.69) is 199 Å². The second kappa shape index (κ2) is 14.3. The Balaban J connectivity index is 1.07. The van der Waals surface area contributed by atoms with Crippen LogP contribution in [-0.2, 0) is 0 Å². The summed E-state index contributed by atoms with van der Waals surface area (Å²) in [5.74, 6) is 1.55. The van der Waals surface area contributed by atoms with E-state index in [9.17, 15) is 0 Å². The quantitative estimate of drug-likeness (QED) is 0.163. The smallest absolute Gasteiger partial charge is 0.159 e. The van der Waals surface area contributed by atoms with Crippen molar-refractivity contribution in [3.63, 3.8) is 0 Å². The number of fused-ring (bicyclic) bond motifs is 5. The molecule has 0 N–H and O–H groups in total. The Hall–Kier alpha value is -7.76. The Morgan fingerprint density at radius 2 is 1.17 bits per heavy atom. The van der Waals surface area contributed by atoms with Gasteiger partial charge in [0.05, 0.1) is 11.4 Å². The zero-order chi connectivity index (χ0) is 39.3. The van der Waals surface area contributed by atoms with Crippen LogP contribution in [0, 0.1) is 0 Å². The zero-order valence-corrected chi connectivity index (χ0v) is 32.4. The molecule has 1 atom stereocenters. The molecular formula is C54H38N4O. The highest BCUT2D eigenvalue weighted by molar-refractivity contribution is 6.22. The fourth-order valence-corrected chi connectivity index (χ4v) is 8.65. The first-order valence-corrected chi connectivity index (χ1v) is 20.0. The van der Waals surface area contributed by atoms with Crippen molar-refractivity contribution < 1.29 is 4.42 Å². The van der Waals surface area contributed by atoms with Gasteiger partial charge in [-0.15, -0.1) is 0 Å². The van der Waals surface area contributed by atoms with E-state index in [4.69, 9.17) is 14.4 Å². The van der Waals surface area contributed by atoms with Crippen LogP contribution in [-0.4, -0.2) is 23.6 Å². The van der Waals surface area contributed by atoms with Gasteiger partial charge in [0.1, 0.15) is 23.2 Å². The average Bonchev–Trinajstić information content (AvgIpc) is 3.68. The van der Waals surface area contributed by atoms with Gasteiger partial charge in [0.2, 0.25) is 0 Å². The third-order valence-corrected chi connectivity index (χ3v) is 11.5. The highest BCUT2D eigenvalue weighted by atomic mass is 16.3. The van der Waals surface area contributed by atoms with Crippen molar-refractivity contribution in [2.24, 2.45) is 9.98 Å². The molecule has 0 spiro atoms. The van der Waals surface area contributed by atoms with Crippen molar-refractivity contribution in [3.05, 3.63) is 223 Å². The Labute approximate surface area is 342 Å². The van der Waals surface area contributed by atoms with Gasteiger partial charge >= 0.3 is 0 Å². The number of para-hydroxylation sites is 1. The molecule has 0 fully saturated rings. The minimum absolute atomic E-state index is 0.247. The third-order valence-electron chi connectivity index (χ3n) is 11.5. The van der Waals surface area contributed by atoms with Crippen molar-refractivity contribution in [1.29, 1.82) is 0 Å². The van der Waals surface area contributed by atoms with E-state index in [1.165, 1.54) is 21.5 Å². The second-order valence-corrected chi connectivity index (χ2v) is 15.0. The number of anilines is 3. The van der Waals surface area contributed by atoms with Crippen LogP contribution in [0.15, 0.2) is 221 Å². The molecule has 0 saturated carbocycles. The molecule has 0 amide bonds. The van der Waals surface area contributed by atoms with Gasteiger partial charge in [-0.25, -0.2) is 9.98 Å². The van der Waals surface area contributed by atoms with Gasteiger partial charge in [0.25, 0.3) is 0 Å². The maximum Gasteiger partial charge on any atom is 0.159 e. The molecule has 280 valence electrons. The number of amidine groups is 2. The van der Waals surface area contributed by atoms with E-state index in [-0.39, 0.29) is 6.17 Å². The molecule has 5 heteroatoms. The summed E-state index contributed by atoms with van der Waals surface area (Å²) in [4.78, 5) is 15.0. The fourth-order valence-electron chi connectivity index (χ4n) is 8.65. The molecule has 0 radical (unpaired) electrons. The van der Waals surface area contributed by atoms with E-state index in [0.717, 1.165) is 72.7 Å². The molecule has 0 aliphatic carbocycles. The van der Waals surface area contributed by atoms with Gasteiger partial charge < -0.3 is 14.2 Å². The van der Waals surface area contributed by atoms with Crippen LogP contribution in [0.25, 0.3) is 54.6 Å². The fraction of sp³-hybridized carbons (Fsp3) is 0.0370. The highest BCUT2D eigenvalue weighted by Crippen LogP contribution is 2.45. The van der Waals surface area contributed by atoms with Gasteiger partial charge in [-0.3, -0.25) is 0 Å². The van der Waals surface area contributed by atoms with Crippen molar-refractivity contribution in [1.82, 2.24) is 4.90 Å². The summed E-state index contributed by atoms with van der Waals surface area (Å²) in [6, 6.07) is 72.7. The van der Waals surface area contributed by atoms with Crippen LogP contribution in [0.4, 0.5) is 17.1 Å². The van der Waals surface area contributed by atoms with Crippen molar-refractivity contribution in [3.8, 4) is 11.1 Å². The van der Waals surface area contributed by atoms with E-state index in [0.29, 0.717) is 5.84 Å². The zero-order valence-electron chi connectivity index (χ0n) is 32.4. The molecule has 1 aliphatic heterocycles. The van der Waals surface area contributed by atoms with Crippen LogP contribution in [0.3, 0.4) is 0 Å². The molecular weight excluding hydrogens is 721 g/mol. The first-order chi connectivity index (χ1) is 29.2. The number of aliphatic imine (C=N–C) groups is 2. The molecule has 9 aromatic carbocycles. The van der Waals surface area contributed by atoms with Crippen molar-refractivity contribution in [2.45, 2.75) is 6.17 Å². The number of hydrogen-bond donors (Lipinski definition) is 0. The third kappa shape index (κ3) is 6.03. The second-order valence-electron chi connectivity index (χ2n) is 15.0. The maximum absolute atomic E-state index is 6.76. The molecule has 0 saturated heterocycles. The van der Waals surface area contributed by atoms with Crippen LogP contribution < -0.4 is 4.90 Å². The molecule has 1 aromatic heterocycles. The molecule has 1 unspecified atom stereocenters.